The highest BCUT2D eigenvalue weighted by Crippen LogP contribution is 2.12. The Hall–Kier alpha value is -2.39. The summed E-state index contributed by atoms with van der Waals surface area (Å²) in [5.74, 6) is 0. The predicted octanol–water partition coefficient (Wildman–Crippen LogP) is 2.31. The van der Waals surface area contributed by atoms with E-state index in [0.29, 0.717) is 25.2 Å². The van der Waals surface area contributed by atoms with Gasteiger partial charge in [-0.2, -0.15) is 0 Å². The number of hydrogen-bond donors (Lipinski definition) is 1. The Morgan fingerprint density at radius 2 is 1.56 bits per heavy atom. The molecule has 178 valence electrons. The lowest BCUT2D eigenvalue weighted by Gasteiger charge is -2.22. The van der Waals surface area contributed by atoms with Crippen LogP contribution >= 0.6 is 0 Å². The lowest BCUT2D eigenvalue weighted by molar-refractivity contribution is 0.273. The molecule has 0 fully saturated rings. The van der Waals surface area contributed by atoms with Crippen LogP contribution in [0.3, 0.4) is 0 Å². The second-order valence-corrected chi connectivity index (χ2v) is 9.76. The number of sulfonamides is 1. The molecule has 0 bridgehead atoms. The first kappa shape index (κ1) is 25.9. The zero-order valence-corrected chi connectivity index (χ0v) is 20.5. The molecule has 1 heterocycles. The van der Waals surface area contributed by atoms with Crippen molar-refractivity contribution in [1.82, 2.24) is 14.0 Å². The van der Waals surface area contributed by atoms with Gasteiger partial charge >= 0.3 is 5.69 Å². The van der Waals surface area contributed by atoms with Crippen molar-refractivity contribution in [3.63, 3.8) is 0 Å². The van der Waals surface area contributed by atoms with Crippen molar-refractivity contribution in [3.05, 3.63) is 62.4 Å². The molecule has 0 aliphatic heterocycles. The van der Waals surface area contributed by atoms with Crippen molar-refractivity contribution in [2.24, 2.45) is 0 Å². The molecule has 0 saturated heterocycles. The Kier molecular flexibility index (Phi) is 9.71. The number of benzene rings is 1. The van der Waals surface area contributed by atoms with Gasteiger partial charge in [0.1, 0.15) is 0 Å². The highest BCUT2D eigenvalue weighted by Gasteiger charge is 2.11. The summed E-state index contributed by atoms with van der Waals surface area (Å²) in [4.78, 5) is 27.1. The second kappa shape index (κ2) is 12.0. The van der Waals surface area contributed by atoms with Crippen molar-refractivity contribution >= 4 is 15.7 Å². The highest BCUT2D eigenvalue weighted by atomic mass is 32.2. The fourth-order valence-electron chi connectivity index (χ4n) is 3.87. The molecule has 0 radical (unpaired) electrons. The topological polar surface area (TPSA) is 93.4 Å². The molecule has 8 nitrogen and oxygen atoms in total. The van der Waals surface area contributed by atoms with E-state index >= 15 is 0 Å². The molecule has 0 atom stereocenters. The third-order valence-electron chi connectivity index (χ3n) is 5.42. The van der Waals surface area contributed by atoms with Crippen molar-refractivity contribution in [3.8, 4) is 0 Å². The predicted molar refractivity (Wildman–Crippen MR) is 130 cm³/mol. The minimum Gasteiger partial charge on any atom is -0.303 e. The van der Waals surface area contributed by atoms with E-state index in [0.717, 1.165) is 56.4 Å². The number of hydrogen-bond acceptors (Lipinski definition) is 5. The zero-order valence-electron chi connectivity index (χ0n) is 19.6. The van der Waals surface area contributed by atoms with Gasteiger partial charge in [0.05, 0.1) is 6.26 Å². The summed E-state index contributed by atoms with van der Waals surface area (Å²) in [5, 5.41) is 0. The van der Waals surface area contributed by atoms with Gasteiger partial charge in [-0.05, 0) is 70.3 Å². The SMILES string of the molecule is CCCN(CCCc1cc(=O)n(CC)c(=O)n1CC)CCc1ccc(NS(C)(=O)=O)cc1. The van der Waals surface area contributed by atoms with Gasteiger partial charge < -0.3 is 4.90 Å². The molecular formula is C23H36N4O4S. The molecule has 9 heteroatoms. The van der Waals surface area contributed by atoms with Gasteiger partial charge in [0, 0.05) is 37.1 Å². The van der Waals surface area contributed by atoms with Crippen molar-refractivity contribution in [1.29, 1.82) is 0 Å². The normalized spacial score (nSPS) is 11.8. The standard InChI is InChI=1S/C23H36N4O4S/c1-5-15-25(17-14-19-10-12-20(13-11-19)24-32(4,30)31)16-8-9-21-18-22(28)27(7-3)23(29)26(21)6-2/h10-13,18,24H,5-9,14-17H2,1-4H3. The van der Waals surface area contributed by atoms with Crippen LogP contribution in [0.4, 0.5) is 5.69 Å². The molecule has 1 aromatic carbocycles. The van der Waals surface area contributed by atoms with Gasteiger partial charge in [0.15, 0.2) is 0 Å². The van der Waals surface area contributed by atoms with Crippen LogP contribution in [-0.2, 0) is 36.0 Å². The molecule has 0 unspecified atom stereocenters. The van der Waals surface area contributed by atoms with Crippen LogP contribution in [0.2, 0.25) is 0 Å². The summed E-state index contributed by atoms with van der Waals surface area (Å²) in [7, 11) is -3.27. The van der Waals surface area contributed by atoms with Crippen LogP contribution in [-0.4, -0.2) is 48.3 Å². The van der Waals surface area contributed by atoms with Gasteiger partial charge in [0.25, 0.3) is 5.56 Å². The molecule has 32 heavy (non-hydrogen) atoms. The molecule has 0 aliphatic carbocycles. The number of nitrogens with one attached hydrogen (secondary N) is 1. The average molecular weight is 465 g/mol. The summed E-state index contributed by atoms with van der Waals surface area (Å²) in [6.45, 7) is 9.58. The Balaban J connectivity index is 1.96. The number of rotatable bonds is 13. The molecule has 2 rings (SSSR count). The zero-order chi connectivity index (χ0) is 23.7. The molecule has 2 aromatic rings. The molecule has 1 aromatic heterocycles. The van der Waals surface area contributed by atoms with E-state index in [1.54, 1.807) is 29.7 Å². The maximum absolute atomic E-state index is 12.5. The molecule has 1 N–H and O–H groups in total. The first-order chi connectivity index (χ1) is 15.2. The highest BCUT2D eigenvalue weighted by molar-refractivity contribution is 7.92. The Morgan fingerprint density at radius 3 is 2.12 bits per heavy atom. The summed E-state index contributed by atoms with van der Waals surface area (Å²) in [6, 6.07) is 9.05. The first-order valence-corrected chi connectivity index (χ1v) is 13.2. The van der Waals surface area contributed by atoms with Crippen LogP contribution < -0.4 is 16.0 Å². The number of anilines is 1. The minimum atomic E-state index is -3.27. The maximum Gasteiger partial charge on any atom is 0.331 e. The second-order valence-electron chi connectivity index (χ2n) is 8.01. The molecule has 0 spiro atoms. The van der Waals surface area contributed by atoms with Gasteiger partial charge in [-0.25, -0.2) is 13.2 Å². The van der Waals surface area contributed by atoms with Gasteiger partial charge in [-0.15, -0.1) is 0 Å². The molecule has 0 amide bonds. The monoisotopic (exact) mass is 464 g/mol. The minimum absolute atomic E-state index is 0.225. The van der Waals surface area contributed by atoms with Gasteiger partial charge in [0.2, 0.25) is 10.0 Å². The lowest BCUT2D eigenvalue weighted by Crippen LogP contribution is -2.40. The summed E-state index contributed by atoms with van der Waals surface area (Å²) >= 11 is 0. The fourth-order valence-corrected chi connectivity index (χ4v) is 4.44. The Labute approximate surface area is 190 Å². The summed E-state index contributed by atoms with van der Waals surface area (Å²) < 4.78 is 28.1. The Bertz CT molecular complexity index is 1090. The van der Waals surface area contributed by atoms with Gasteiger partial charge in [-0.3, -0.25) is 18.7 Å². The van der Waals surface area contributed by atoms with E-state index in [-0.39, 0.29) is 11.2 Å². The third kappa shape index (κ3) is 7.63. The Morgan fingerprint density at radius 1 is 0.906 bits per heavy atom. The van der Waals surface area contributed by atoms with Gasteiger partial charge in [-0.1, -0.05) is 19.1 Å². The number of nitrogens with zero attached hydrogens (tertiary/aromatic N) is 3. The number of aromatic nitrogens is 2. The van der Waals surface area contributed by atoms with Crippen LogP contribution in [0.5, 0.6) is 0 Å². The molecular weight excluding hydrogens is 428 g/mol. The quantitative estimate of drug-likeness (QED) is 0.491. The third-order valence-corrected chi connectivity index (χ3v) is 6.02. The largest absolute Gasteiger partial charge is 0.331 e. The van der Waals surface area contributed by atoms with Crippen molar-refractivity contribution in [2.75, 3.05) is 30.6 Å². The fraction of sp³-hybridized carbons (Fsp3) is 0.565. The molecule has 0 saturated carbocycles. The van der Waals surface area contributed by atoms with Crippen LogP contribution in [0.25, 0.3) is 0 Å². The van der Waals surface area contributed by atoms with E-state index in [2.05, 4.69) is 16.5 Å². The van der Waals surface area contributed by atoms with E-state index in [1.165, 1.54) is 4.57 Å². The summed E-state index contributed by atoms with van der Waals surface area (Å²) in [6.07, 6.45) is 4.61. The average Bonchev–Trinajstić information content (AvgIpc) is 2.72. The number of aryl methyl sites for hydroxylation is 1. The van der Waals surface area contributed by atoms with E-state index in [1.807, 2.05) is 19.1 Å². The van der Waals surface area contributed by atoms with Crippen LogP contribution in [0.15, 0.2) is 39.9 Å². The first-order valence-electron chi connectivity index (χ1n) is 11.3. The smallest absolute Gasteiger partial charge is 0.303 e. The van der Waals surface area contributed by atoms with Crippen molar-refractivity contribution < 1.29 is 8.42 Å². The summed E-state index contributed by atoms with van der Waals surface area (Å²) in [5.41, 5.74) is 2.06. The lowest BCUT2D eigenvalue weighted by atomic mass is 10.1. The molecule has 0 aliphatic rings. The van der Waals surface area contributed by atoms with Crippen LogP contribution in [0.1, 0.15) is 44.9 Å². The van der Waals surface area contributed by atoms with E-state index < -0.39 is 10.0 Å². The maximum atomic E-state index is 12.5. The van der Waals surface area contributed by atoms with Crippen LogP contribution in [0, 0.1) is 0 Å². The van der Waals surface area contributed by atoms with E-state index in [9.17, 15) is 18.0 Å². The van der Waals surface area contributed by atoms with E-state index in [4.69, 9.17) is 0 Å². The van der Waals surface area contributed by atoms with Crippen molar-refractivity contribution in [2.45, 2.75) is 59.5 Å².